The Morgan fingerprint density at radius 3 is 2.51 bits per heavy atom. The lowest BCUT2D eigenvalue weighted by Gasteiger charge is -2.35. The van der Waals surface area contributed by atoms with Crippen molar-refractivity contribution in [2.75, 3.05) is 18.4 Å². The Balaban J connectivity index is 1.36. The van der Waals surface area contributed by atoms with Gasteiger partial charge in [0, 0.05) is 49.0 Å². The number of halogens is 1. The predicted molar refractivity (Wildman–Crippen MR) is 163 cm³/mol. The molecule has 0 spiro atoms. The number of hydrogen-bond acceptors (Lipinski definition) is 7. The van der Waals surface area contributed by atoms with E-state index in [0.29, 0.717) is 41.0 Å². The summed E-state index contributed by atoms with van der Waals surface area (Å²) >= 11 is 0. The van der Waals surface area contributed by atoms with Crippen molar-refractivity contribution in [1.82, 2.24) is 24.4 Å². The van der Waals surface area contributed by atoms with Gasteiger partial charge >= 0.3 is 0 Å². The number of aryl methyl sites for hydroxylation is 1. The number of hydrogen-bond donors (Lipinski definition) is 2. The number of carbonyl (C=O) groups excluding carboxylic acids is 1. The number of carbonyl (C=O) groups is 1. The molecule has 3 heterocycles. The van der Waals surface area contributed by atoms with Crippen LogP contribution in [0, 0.1) is 12.7 Å². The zero-order valence-electron chi connectivity index (χ0n) is 25.2. The lowest BCUT2D eigenvalue weighted by atomic mass is 10.1. The fourth-order valence-corrected chi connectivity index (χ4v) is 6.84. The molecule has 0 radical (unpaired) electrons. The van der Waals surface area contributed by atoms with Gasteiger partial charge in [-0.25, -0.2) is 12.8 Å². The molecule has 1 aliphatic rings. The Bertz CT molecular complexity index is 1770. The summed E-state index contributed by atoms with van der Waals surface area (Å²) in [5.74, 6) is -0.376. The van der Waals surface area contributed by atoms with Crippen molar-refractivity contribution >= 4 is 32.5 Å². The van der Waals surface area contributed by atoms with Crippen LogP contribution in [0.2, 0.25) is 0 Å². The minimum atomic E-state index is -3.76. The monoisotopic (exact) mass is 608 g/mol. The number of benzene rings is 2. The normalized spacial score (nSPS) is 18.1. The van der Waals surface area contributed by atoms with Gasteiger partial charge in [-0.05, 0) is 83.0 Å². The fraction of sp³-hybridized carbons (Fsp3) is 0.387. The zero-order valence-corrected chi connectivity index (χ0v) is 26.0. The van der Waals surface area contributed by atoms with E-state index in [0.717, 1.165) is 0 Å². The summed E-state index contributed by atoms with van der Waals surface area (Å²) in [6.45, 7) is 12.4. The van der Waals surface area contributed by atoms with Crippen molar-refractivity contribution in [1.29, 1.82) is 0 Å². The van der Waals surface area contributed by atoms with Gasteiger partial charge in [-0.15, -0.1) is 0 Å². The smallest absolute Gasteiger partial charge is 0.243 e. The molecular formula is C31H37FN6O4S. The van der Waals surface area contributed by atoms with Crippen molar-refractivity contribution < 1.29 is 22.3 Å². The van der Waals surface area contributed by atoms with E-state index in [1.165, 1.54) is 10.4 Å². The maximum Gasteiger partial charge on any atom is 0.243 e. The number of aromatic nitrogens is 3. The highest BCUT2D eigenvalue weighted by molar-refractivity contribution is 7.89. The van der Waals surface area contributed by atoms with E-state index in [4.69, 9.17) is 4.74 Å². The fourth-order valence-electron chi connectivity index (χ4n) is 5.19. The van der Waals surface area contributed by atoms with E-state index >= 15 is 4.39 Å². The molecule has 0 unspecified atom stereocenters. The standard InChI is InChI=1S/C31H37FN6O4S/c1-19-11-22(12-30(39)36-23-15-34-38(18-23)31(4,5)6)26(32)14-29(19)42-28-9-10-33-27-8-7-24(13-25(27)28)43(40,41)37-16-20(2)35-21(3)17-37/h7-11,13-15,18,20-21,35H,12,16-17H2,1-6H3,(H,36,39)/t20-,21+. The van der Waals surface area contributed by atoms with Crippen molar-refractivity contribution in [3.05, 3.63) is 71.9 Å². The SMILES string of the molecule is Cc1cc(CC(=O)Nc2cnn(C(C)(C)C)c2)c(F)cc1Oc1ccnc2ccc(S(=O)(=O)N3C[C@@H](C)N[C@@H](C)C3)cc12. The third-order valence-electron chi connectivity index (χ3n) is 7.30. The summed E-state index contributed by atoms with van der Waals surface area (Å²) in [5.41, 5.74) is 1.67. The van der Waals surface area contributed by atoms with Gasteiger partial charge in [0.05, 0.1) is 34.3 Å². The molecule has 4 aromatic rings. The average molecular weight is 609 g/mol. The number of nitrogens with zero attached hydrogens (tertiary/aromatic N) is 4. The number of ether oxygens (including phenoxy) is 1. The molecule has 2 atom stereocenters. The molecule has 0 saturated carbocycles. The third kappa shape index (κ3) is 6.71. The van der Waals surface area contributed by atoms with Crippen LogP contribution in [0.3, 0.4) is 0 Å². The molecule has 2 aromatic heterocycles. The number of pyridine rings is 1. The van der Waals surface area contributed by atoms with Gasteiger partial charge in [0.1, 0.15) is 17.3 Å². The quantitative estimate of drug-likeness (QED) is 0.304. The Morgan fingerprint density at radius 2 is 1.84 bits per heavy atom. The molecule has 43 heavy (non-hydrogen) atoms. The second-order valence-corrected chi connectivity index (χ2v) is 14.1. The minimum absolute atomic E-state index is 0.0268. The lowest BCUT2D eigenvalue weighted by molar-refractivity contribution is -0.115. The van der Waals surface area contributed by atoms with Gasteiger partial charge in [0.25, 0.3) is 0 Å². The van der Waals surface area contributed by atoms with Gasteiger partial charge in [-0.2, -0.15) is 9.40 Å². The maximum absolute atomic E-state index is 15.2. The number of anilines is 1. The Labute approximate surface area is 251 Å². The first-order valence-electron chi connectivity index (χ1n) is 14.2. The molecule has 1 amide bonds. The summed E-state index contributed by atoms with van der Waals surface area (Å²) in [5, 5.41) is 10.9. The van der Waals surface area contributed by atoms with Gasteiger partial charge in [0.15, 0.2) is 0 Å². The van der Waals surface area contributed by atoms with Crippen LogP contribution in [-0.2, 0) is 26.8 Å². The van der Waals surface area contributed by atoms with Crippen LogP contribution in [0.4, 0.5) is 10.1 Å². The highest BCUT2D eigenvalue weighted by Crippen LogP contribution is 2.34. The Kier molecular flexibility index (Phi) is 8.30. The lowest BCUT2D eigenvalue weighted by Crippen LogP contribution is -2.55. The maximum atomic E-state index is 15.2. The molecule has 2 N–H and O–H groups in total. The summed E-state index contributed by atoms with van der Waals surface area (Å²) in [4.78, 5) is 17.2. The van der Waals surface area contributed by atoms with Gasteiger partial charge in [-0.3, -0.25) is 14.5 Å². The molecule has 1 fully saturated rings. The molecule has 2 aromatic carbocycles. The Morgan fingerprint density at radius 1 is 1.12 bits per heavy atom. The molecule has 10 nitrogen and oxygen atoms in total. The zero-order chi connectivity index (χ0) is 31.1. The van der Waals surface area contributed by atoms with E-state index in [-0.39, 0.29) is 46.2 Å². The number of sulfonamides is 1. The molecular weight excluding hydrogens is 571 g/mol. The first-order chi connectivity index (χ1) is 20.2. The first-order valence-corrected chi connectivity index (χ1v) is 15.6. The van der Waals surface area contributed by atoms with E-state index in [1.54, 1.807) is 60.5 Å². The van der Waals surface area contributed by atoms with Crippen molar-refractivity contribution in [3.8, 4) is 11.5 Å². The van der Waals surface area contributed by atoms with Crippen LogP contribution in [0.15, 0.2) is 59.9 Å². The molecule has 1 saturated heterocycles. The molecule has 1 aliphatic heterocycles. The topological polar surface area (TPSA) is 118 Å². The van der Waals surface area contributed by atoms with Crippen LogP contribution >= 0.6 is 0 Å². The van der Waals surface area contributed by atoms with Crippen LogP contribution in [0.1, 0.15) is 45.7 Å². The van der Waals surface area contributed by atoms with E-state index < -0.39 is 15.8 Å². The van der Waals surface area contributed by atoms with Gasteiger partial charge < -0.3 is 15.4 Å². The van der Waals surface area contributed by atoms with Crippen molar-refractivity contribution in [3.63, 3.8) is 0 Å². The van der Waals surface area contributed by atoms with Crippen LogP contribution in [0.5, 0.6) is 11.5 Å². The number of amides is 1. The summed E-state index contributed by atoms with van der Waals surface area (Å²) in [6, 6.07) is 9.23. The highest BCUT2D eigenvalue weighted by Gasteiger charge is 2.31. The molecule has 0 aliphatic carbocycles. The molecule has 5 rings (SSSR count). The van der Waals surface area contributed by atoms with E-state index in [9.17, 15) is 13.2 Å². The predicted octanol–water partition coefficient (Wildman–Crippen LogP) is 4.98. The van der Waals surface area contributed by atoms with Gasteiger partial charge in [0.2, 0.25) is 15.9 Å². The van der Waals surface area contributed by atoms with Crippen molar-refractivity contribution in [2.45, 2.75) is 70.5 Å². The number of rotatable bonds is 7. The van der Waals surface area contributed by atoms with Crippen LogP contribution in [0.25, 0.3) is 10.9 Å². The summed E-state index contributed by atoms with van der Waals surface area (Å²) in [7, 11) is -3.76. The van der Waals surface area contributed by atoms with E-state index in [2.05, 4.69) is 20.7 Å². The van der Waals surface area contributed by atoms with Gasteiger partial charge in [-0.1, -0.05) is 0 Å². The summed E-state index contributed by atoms with van der Waals surface area (Å²) < 4.78 is 51.6. The van der Waals surface area contributed by atoms with Crippen molar-refractivity contribution in [2.24, 2.45) is 0 Å². The average Bonchev–Trinajstić information content (AvgIpc) is 3.40. The van der Waals surface area contributed by atoms with Crippen LogP contribution in [-0.4, -0.2) is 58.6 Å². The third-order valence-corrected chi connectivity index (χ3v) is 9.13. The second kappa shape index (κ2) is 11.7. The number of fused-ring (bicyclic) bond motifs is 1. The van der Waals surface area contributed by atoms with Crippen LogP contribution < -0.4 is 15.4 Å². The second-order valence-electron chi connectivity index (χ2n) is 12.2. The molecule has 0 bridgehead atoms. The first kappa shape index (κ1) is 30.6. The number of nitrogens with one attached hydrogen (secondary N) is 2. The molecule has 228 valence electrons. The Hall–Kier alpha value is -3.87. The summed E-state index contributed by atoms with van der Waals surface area (Å²) in [6.07, 6.45) is 4.67. The highest BCUT2D eigenvalue weighted by atomic mass is 32.2. The minimum Gasteiger partial charge on any atom is -0.456 e. The van der Waals surface area contributed by atoms with E-state index in [1.807, 2.05) is 34.6 Å². The molecule has 12 heteroatoms. The largest absolute Gasteiger partial charge is 0.456 e. The number of piperazine rings is 1.